The third-order valence-electron chi connectivity index (χ3n) is 2.85. The third kappa shape index (κ3) is 4.29. The molecule has 0 bridgehead atoms. The molecule has 0 spiro atoms. The van der Waals surface area contributed by atoms with E-state index >= 15 is 0 Å². The Morgan fingerprint density at radius 1 is 1.13 bits per heavy atom. The maximum absolute atomic E-state index is 12.4. The Morgan fingerprint density at radius 2 is 1.83 bits per heavy atom. The number of para-hydroxylation sites is 2. The van der Waals surface area contributed by atoms with Gasteiger partial charge in [-0.15, -0.1) is 13.2 Å². The first kappa shape index (κ1) is 16.5. The second-order valence-corrected chi connectivity index (χ2v) is 4.45. The fraction of sp³-hybridized carbons (Fsp3) is 0.133. The van der Waals surface area contributed by atoms with E-state index in [0.29, 0.717) is 5.75 Å². The van der Waals surface area contributed by atoms with Gasteiger partial charge in [-0.3, -0.25) is 4.79 Å². The van der Waals surface area contributed by atoms with Crippen molar-refractivity contribution in [2.75, 3.05) is 18.2 Å². The molecule has 0 aromatic heterocycles. The van der Waals surface area contributed by atoms with Gasteiger partial charge in [-0.25, -0.2) is 0 Å². The molecule has 0 unspecified atom stereocenters. The molecule has 122 valence electrons. The van der Waals surface area contributed by atoms with Crippen LogP contribution in [0.15, 0.2) is 42.5 Å². The van der Waals surface area contributed by atoms with Gasteiger partial charge in [0.25, 0.3) is 5.91 Å². The molecule has 0 saturated carbocycles. The Kier molecular flexibility index (Phi) is 4.63. The highest BCUT2D eigenvalue weighted by atomic mass is 19.4. The van der Waals surface area contributed by atoms with Crippen LogP contribution in [-0.2, 0) is 0 Å². The number of carbonyl (C=O) groups is 1. The van der Waals surface area contributed by atoms with Crippen molar-refractivity contribution in [3.05, 3.63) is 48.0 Å². The highest BCUT2D eigenvalue weighted by molar-refractivity contribution is 6.05. The lowest BCUT2D eigenvalue weighted by Gasteiger charge is -2.14. The molecule has 8 heteroatoms. The molecule has 0 aliphatic carbocycles. The van der Waals surface area contributed by atoms with Crippen LogP contribution in [0, 0.1) is 0 Å². The Hall–Kier alpha value is -2.90. The smallest absolute Gasteiger partial charge is 0.495 e. The summed E-state index contributed by atoms with van der Waals surface area (Å²) in [6.07, 6.45) is -4.86. The van der Waals surface area contributed by atoms with Gasteiger partial charge < -0.3 is 20.5 Å². The highest BCUT2D eigenvalue weighted by Gasteiger charge is 2.32. The lowest BCUT2D eigenvalue weighted by Crippen LogP contribution is -2.19. The molecule has 2 rings (SSSR count). The Labute approximate surface area is 129 Å². The summed E-state index contributed by atoms with van der Waals surface area (Å²) in [7, 11) is 1.43. The molecule has 0 atom stereocenters. The molecule has 2 aromatic rings. The number of rotatable bonds is 4. The number of halogens is 3. The van der Waals surface area contributed by atoms with Gasteiger partial charge in [0.05, 0.1) is 18.5 Å². The lowest BCUT2D eigenvalue weighted by molar-refractivity contribution is -0.274. The minimum Gasteiger partial charge on any atom is -0.495 e. The molecule has 2 aromatic carbocycles. The normalized spacial score (nSPS) is 11.0. The molecule has 1 amide bonds. The van der Waals surface area contributed by atoms with E-state index in [-0.39, 0.29) is 16.9 Å². The van der Waals surface area contributed by atoms with E-state index in [9.17, 15) is 18.0 Å². The van der Waals surface area contributed by atoms with Crippen LogP contribution in [0.4, 0.5) is 24.5 Å². The van der Waals surface area contributed by atoms with Crippen LogP contribution >= 0.6 is 0 Å². The van der Waals surface area contributed by atoms with Gasteiger partial charge in [0.1, 0.15) is 5.75 Å². The molecule has 23 heavy (non-hydrogen) atoms. The van der Waals surface area contributed by atoms with Gasteiger partial charge in [-0.2, -0.15) is 0 Å². The van der Waals surface area contributed by atoms with E-state index < -0.39 is 18.0 Å². The topological polar surface area (TPSA) is 73.6 Å². The Morgan fingerprint density at radius 3 is 2.43 bits per heavy atom. The van der Waals surface area contributed by atoms with Gasteiger partial charge in [-0.1, -0.05) is 12.1 Å². The summed E-state index contributed by atoms with van der Waals surface area (Å²) in [6, 6.07) is 9.53. The van der Waals surface area contributed by atoms with Gasteiger partial charge in [-0.05, 0) is 30.3 Å². The number of nitrogen functional groups attached to an aromatic ring is 1. The monoisotopic (exact) mass is 326 g/mol. The van der Waals surface area contributed by atoms with Gasteiger partial charge in [0, 0.05) is 5.56 Å². The second-order valence-electron chi connectivity index (χ2n) is 4.45. The Balaban J connectivity index is 2.22. The minimum absolute atomic E-state index is 0.107. The quantitative estimate of drug-likeness (QED) is 0.844. The van der Waals surface area contributed by atoms with Crippen molar-refractivity contribution in [1.82, 2.24) is 0 Å². The van der Waals surface area contributed by atoms with Crippen LogP contribution in [0.5, 0.6) is 11.5 Å². The number of amides is 1. The first-order chi connectivity index (χ1) is 10.8. The molecule has 0 fully saturated rings. The largest absolute Gasteiger partial charge is 0.573 e. The number of ether oxygens (including phenoxy) is 2. The average molecular weight is 326 g/mol. The van der Waals surface area contributed by atoms with Crippen molar-refractivity contribution in [3.8, 4) is 11.5 Å². The number of hydrogen-bond donors (Lipinski definition) is 2. The van der Waals surface area contributed by atoms with Crippen molar-refractivity contribution in [2.24, 2.45) is 0 Å². The van der Waals surface area contributed by atoms with E-state index in [1.807, 2.05) is 0 Å². The van der Waals surface area contributed by atoms with E-state index in [1.165, 1.54) is 43.5 Å². The molecule has 3 N–H and O–H groups in total. The van der Waals surface area contributed by atoms with Crippen LogP contribution in [0.25, 0.3) is 0 Å². The molecule has 0 aliphatic rings. The number of anilines is 2. The maximum atomic E-state index is 12.4. The van der Waals surface area contributed by atoms with Crippen LogP contribution in [0.2, 0.25) is 0 Å². The van der Waals surface area contributed by atoms with Crippen LogP contribution in [-0.4, -0.2) is 19.4 Å². The number of nitrogens with one attached hydrogen (secondary N) is 1. The summed E-state index contributed by atoms with van der Waals surface area (Å²) in [4.78, 5) is 12.1. The first-order valence-electron chi connectivity index (χ1n) is 6.40. The van der Waals surface area contributed by atoms with Crippen molar-refractivity contribution in [1.29, 1.82) is 0 Å². The number of benzene rings is 2. The standard InChI is InChI=1S/C15H13F3N2O3/c1-22-12-7-6-9(8-10(12)19)14(21)20-11-4-2-3-5-13(11)23-15(16,17)18/h2-8H,19H2,1H3,(H,20,21). The first-order valence-corrected chi connectivity index (χ1v) is 6.40. The van der Waals surface area contributed by atoms with E-state index in [0.717, 1.165) is 6.07 Å². The minimum atomic E-state index is -4.86. The summed E-state index contributed by atoms with van der Waals surface area (Å²) in [5, 5.41) is 2.35. The zero-order valence-corrected chi connectivity index (χ0v) is 12.0. The van der Waals surface area contributed by atoms with Crippen LogP contribution in [0.1, 0.15) is 10.4 Å². The summed E-state index contributed by atoms with van der Waals surface area (Å²) < 4.78 is 45.9. The van der Waals surface area contributed by atoms with Crippen molar-refractivity contribution < 1.29 is 27.4 Å². The number of nitrogens with two attached hydrogens (primary N) is 1. The molecular weight excluding hydrogens is 313 g/mol. The van der Waals surface area contributed by atoms with Gasteiger partial charge >= 0.3 is 6.36 Å². The van der Waals surface area contributed by atoms with Crippen LogP contribution < -0.4 is 20.5 Å². The van der Waals surface area contributed by atoms with Crippen LogP contribution in [0.3, 0.4) is 0 Å². The summed E-state index contributed by atoms with van der Waals surface area (Å²) in [5.74, 6) is -0.741. The van der Waals surface area contributed by atoms with Crippen molar-refractivity contribution in [2.45, 2.75) is 6.36 Å². The molecular formula is C15H13F3N2O3. The van der Waals surface area contributed by atoms with Crippen molar-refractivity contribution >= 4 is 17.3 Å². The number of hydrogen-bond acceptors (Lipinski definition) is 4. The number of carbonyl (C=O) groups excluding carboxylic acids is 1. The zero-order valence-electron chi connectivity index (χ0n) is 12.0. The van der Waals surface area contributed by atoms with Gasteiger partial charge in [0.2, 0.25) is 0 Å². The molecule has 0 aliphatic heterocycles. The number of alkyl halides is 3. The fourth-order valence-electron chi connectivity index (χ4n) is 1.85. The van der Waals surface area contributed by atoms with Crippen molar-refractivity contribution in [3.63, 3.8) is 0 Å². The zero-order chi connectivity index (χ0) is 17.0. The highest BCUT2D eigenvalue weighted by Crippen LogP contribution is 2.30. The fourth-order valence-corrected chi connectivity index (χ4v) is 1.85. The predicted molar refractivity (Wildman–Crippen MR) is 78.5 cm³/mol. The second kappa shape index (κ2) is 6.47. The summed E-state index contributed by atoms with van der Waals surface area (Å²) >= 11 is 0. The molecule has 0 saturated heterocycles. The summed E-state index contributed by atoms with van der Waals surface area (Å²) in [5.41, 5.74) is 6.00. The van der Waals surface area contributed by atoms with E-state index in [2.05, 4.69) is 10.1 Å². The lowest BCUT2D eigenvalue weighted by atomic mass is 10.1. The Bertz CT molecular complexity index is 717. The summed E-state index contributed by atoms with van der Waals surface area (Å²) in [6.45, 7) is 0. The SMILES string of the molecule is COc1ccc(C(=O)Nc2ccccc2OC(F)(F)F)cc1N. The van der Waals surface area contributed by atoms with Gasteiger partial charge in [0.15, 0.2) is 5.75 Å². The van der Waals surface area contributed by atoms with E-state index in [4.69, 9.17) is 10.5 Å². The molecule has 0 heterocycles. The maximum Gasteiger partial charge on any atom is 0.573 e. The molecule has 5 nitrogen and oxygen atoms in total. The molecule has 0 radical (unpaired) electrons. The van der Waals surface area contributed by atoms with E-state index in [1.54, 1.807) is 0 Å². The number of methoxy groups -OCH3 is 1. The average Bonchev–Trinajstić information content (AvgIpc) is 2.47. The third-order valence-corrected chi connectivity index (χ3v) is 2.85. The predicted octanol–water partition coefficient (Wildman–Crippen LogP) is 3.43.